The van der Waals surface area contributed by atoms with Gasteiger partial charge in [0.25, 0.3) is 0 Å². The second-order valence-corrected chi connectivity index (χ2v) is 5.13. The molecule has 12 heteroatoms. The predicted molar refractivity (Wildman–Crippen MR) is 81.1 cm³/mol. The van der Waals surface area contributed by atoms with Gasteiger partial charge in [-0.15, -0.1) is 0 Å². The van der Waals surface area contributed by atoms with Gasteiger partial charge in [-0.3, -0.25) is 14.4 Å². The van der Waals surface area contributed by atoms with Crippen LogP contribution >= 0.6 is 0 Å². The molecule has 3 atom stereocenters. The molecule has 0 aliphatic carbocycles. The molecule has 0 saturated carbocycles. The molecule has 8 N–H and O–H groups in total. The third kappa shape index (κ3) is 6.56. The molecule has 138 valence electrons. The fraction of sp³-hybridized carbons (Fsp3) is 0.462. The average Bonchev–Trinajstić information content (AvgIpc) is 3.03. The van der Waals surface area contributed by atoms with E-state index in [-0.39, 0.29) is 6.42 Å². The largest absolute Gasteiger partial charge is 0.481 e. The minimum absolute atomic E-state index is 0.0996. The maximum Gasteiger partial charge on any atom is 0.326 e. The number of carbonyl (C=O) groups excluding carboxylic acids is 2. The second kappa shape index (κ2) is 9.34. The molecule has 0 saturated heterocycles. The first-order chi connectivity index (χ1) is 11.7. The number of amides is 2. The van der Waals surface area contributed by atoms with E-state index in [1.165, 1.54) is 12.5 Å². The number of rotatable bonds is 10. The number of hydrogen-bond donors (Lipinski definition) is 7. The molecule has 0 fully saturated rings. The van der Waals surface area contributed by atoms with Crippen molar-refractivity contribution in [2.45, 2.75) is 31.0 Å². The minimum atomic E-state index is -1.70. The Labute approximate surface area is 141 Å². The van der Waals surface area contributed by atoms with Crippen molar-refractivity contribution in [1.29, 1.82) is 0 Å². The Hall–Kier alpha value is -2.99. The van der Waals surface area contributed by atoms with Crippen molar-refractivity contribution in [3.05, 3.63) is 18.2 Å². The molecule has 1 aromatic heterocycles. The Kier molecular flexibility index (Phi) is 7.49. The summed E-state index contributed by atoms with van der Waals surface area (Å²) in [5.41, 5.74) is 6.27. The van der Waals surface area contributed by atoms with Crippen molar-refractivity contribution < 1.29 is 34.5 Å². The van der Waals surface area contributed by atoms with Crippen molar-refractivity contribution in [2.24, 2.45) is 5.73 Å². The molecule has 3 unspecified atom stereocenters. The number of aliphatic hydroxyl groups excluding tert-OH is 1. The monoisotopic (exact) mass is 357 g/mol. The lowest BCUT2D eigenvalue weighted by Crippen LogP contribution is -2.56. The zero-order chi connectivity index (χ0) is 19.0. The highest BCUT2D eigenvalue weighted by Gasteiger charge is 2.28. The van der Waals surface area contributed by atoms with Crippen LogP contribution in [0.2, 0.25) is 0 Å². The van der Waals surface area contributed by atoms with Gasteiger partial charge in [0.2, 0.25) is 11.8 Å². The number of aromatic nitrogens is 2. The zero-order valence-corrected chi connectivity index (χ0v) is 13.0. The topological polar surface area (TPSA) is 208 Å². The van der Waals surface area contributed by atoms with Gasteiger partial charge in [-0.2, -0.15) is 0 Å². The molecule has 0 radical (unpaired) electrons. The maximum atomic E-state index is 12.0. The fourth-order valence-electron chi connectivity index (χ4n) is 1.85. The van der Waals surface area contributed by atoms with Crippen LogP contribution in [0.3, 0.4) is 0 Å². The molecule has 1 rings (SSSR count). The lowest BCUT2D eigenvalue weighted by atomic mass is 10.1. The Balaban J connectivity index is 2.63. The highest BCUT2D eigenvalue weighted by atomic mass is 16.4. The molecule has 1 aromatic rings. The van der Waals surface area contributed by atoms with Gasteiger partial charge in [0.05, 0.1) is 25.4 Å². The van der Waals surface area contributed by atoms with Crippen LogP contribution in [0.1, 0.15) is 12.1 Å². The van der Waals surface area contributed by atoms with Crippen LogP contribution in [0, 0.1) is 0 Å². The first-order valence-electron chi connectivity index (χ1n) is 7.13. The summed E-state index contributed by atoms with van der Waals surface area (Å²) in [5, 5.41) is 30.8. The molecule has 0 spiro atoms. The molecular weight excluding hydrogens is 338 g/mol. The van der Waals surface area contributed by atoms with Crippen LogP contribution < -0.4 is 16.4 Å². The van der Waals surface area contributed by atoms with Crippen LogP contribution in [0.15, 0.2) is 12.5 Å². The quantitative estimate of drug-likeness (QED) is 0.224. The number of nitrogens with two attached hydrogens (primary N) is 1. The molecule has 0 bridgehead atoms. The van der Waals surface area contributed by atoms with Crippen LogP contribution in [-0.4, -0.2) is 73.8 Å². The summed E-state index contributed by atoms with van der Waals surface area (Å²) in [5.74, 6) is -4.79. The van der Waals surface area contributed by atoms with Gasteiger partial charge in [-0.1, -0.05) is 0 Å². The Bertz CT molecular complexity index is 618. The van der Waals surface area contributed by atoms with Gasteiger partial charge < -0.3 is 36.7 Å². The van der Waals surface area contributed by atoms with E-state index < -0.39 is 54.9 Å². The molecule has 1 heterocycles. The summed E-state index contributed by atoms with van der Waals surface area (Å²) in [6, 6.07) is -4.22. The number of aliphatic carboxylic acids is 2. The Morgan fingerprint density at radius 2 is 1.80 bits per heavy atom. The van der Waals surface area contributed by atoms with Crippen molar-refractivity contribution >= 4 is 23.8 Å². The fourth-order valence-corrected chi connectivity index (χ4v) is 1.85. The number of carbonyl (C=O) groups is 4. The number of imidazole rings is 1. The van der Waals surface area contributed by atoms with Gasteiger partial charge in [0, 0.05) is 18.3 Å². The predicted octanol–water partition coefficient (Wildman–Crippen LogP) is -3.20. The van der Waals surface area contributed by atoms with Crippen molar-refractivity contribution in [3.63, 3.8) is 0 Å². The number of aliphatic hydroxyl groups is 1. The molecular formula is C13H19N5O7. The number of hydrogen-bond acceptors (Lipinski definition) is 7. The first-order valence-corrected chi connectivity index (χ1v) is 7.13. The number of nitrogens with one attached hydrogen (secondary N) is 3. The van der Waals surface area contributed by atoms with E-state index in [0.717, 1.165) is 0 Å². The normalized spacial score (nSPS) is 14.2. The van der Waals surface area contributed by atoms with E-state index in [4.69, 9.17) is 15.9 Å². The highest BCUT2D eigenvalue weighted by Crippen LogP contribution is 1.98. The molecule has 0 aromatic carbocycles. The van der Waals surface area contributed by atoms with E-state index in [9.17, 15) is 24.3 Å². The van der Waals surface area contributed by atoms with E-state index in [1.807, 2.05) is 5.32 Å². The van der Waals surface area contributed by atoms with Crippen molar-refractivity contribution in [3.8, 4) is 0 Å². The van der Waals surface area contributed by atoms with Gasteiger partial charge in [-0.05, 0) is 0 Å². The van der Waals surface area contributed by atoms with E-state index in [2.05, 4.69) is 15.3 Å². The number of carboxylic acids is 2. The van der Waals surface area contributed by atoms with Crippen molar-refractivity contribution in [2.75, 3.05) is 6.61 Å². The summed E-state index contributed by atoms with van der Waals surface area (Å²) in [4.78, 5) is 52.0. The summed E-state index contributed by atoms with van der Waals surface area (Å²) in [7, 11) is 0. The molecule has 25 heavy (non-hydrogen) atoms. The molecule has 0 aliphatic rings. The molecule has 2 amide bonds. The third-order valence-electron chi connectivity index (χ3n) is 3.14. The average molecular weight is 357 g/mol. The zero-order valence-electron chi connectivity index (χ0n) is 13.0. The first kappa shape index (κ1) is 20.1. The highest BCUT2D eigenvalue weighted by molar-refractivity contribution is 5.92. The van der Waals surface area contributed by atoms with Crippen LogP contribution in [0.4, 0.5) is 0 Å². The van der Waals surface area contributed by atoms with Crippen LogP contribution in [0.5, 0.6) is 0 Å². The lowest BCUT2D eigenvalue weighted by molar-refractivity contribution is -0.147. The maximum absolute atomic E-state index is 12.0. The summed E-state index contributed by atoms with van der Waals surface area (Å²) in [6.45, 7) is -0.826. The lowest BCUT2D eigenvalue weighted by Gasteiger charge is -2.20. The molecule has 0 aliphatic heterocycles. The SMILES string of the molecule is NC(Cc1cnc[nH]1)C(=O)NC(CO)C(=O)NC(CC(=O)O)C(=O)O. The van der Waals surface area contributed by atoms with Gasteiger partial charge in [-0.25, -0.2) is 9.78 Å². The van der Waals surface area contributed by atoms with Gasteiger partial charge in [0.1, 0.15) is 12.1 Å². The molecule has 12 nitrogen and oxygen atoms in total. The van der Waals surface area contributed by atoms with Crippen LogP contribution in [-0.2, 0) is 25.6 Å². The van der Waals surface area contributed by atoms with E-state index >= 15 is 0 Å². The summed E-state index contributed by atoms with van der Waals surface area (Å²) >= 11 is 0. The number of carboxylic acid groups (broad SMARTS) is 2. The number of nitrogens with zero attached hydrogens (tertiary/aromatic N) is 1. The summed E-state index contributed by atoms with van der Waals surface area (Å²) < 4.78 is 0. The summed E-state index contributed by atoms with van der Waals surface area (Å²) in [6.07, 6.45) is 2.11. The minimum Gasteiger partial charge on any atom is -0.481 e. The Morgan fingerprint density at radius 3 is 2.28 bits per heavy atom. The van der Waals surface area contributed by atoms with Gasteiger partial charge >= 0.3 is 11.9 Å². The van der Waals surface area contributed by atoms with E-state index in [1.54, 1.807) is 0 Å². The van der Waals surface area contributed by atoms with Crippen molar-refractivity contribution in [1.82, 2.24) is 20.6 Å². The van der Waals surface area contributed by atoms with Crippen LogP contribution in [0.25, 0.3) is 0 Å². The Morgan fingerprint density at radius 1 is 1.16 bits per heavy atom. The number of aromatic amines is 1. The number of H-pyrrole nitrogens is 1. The third-order valence-corrected chi connectivity index (χ3v) is 3.14. The van der Waals surface area contributed by atoms with Gasteiger partial charge in [0.15, 0.2) is 0 Å². The smallest absolute Gasteiger partial charge is 0.326 e. The second-order valence-electron chi connectivity index (χ2n) is 5.13. The standard InChI is InChI=1S/C13H19N5O7/c14-7(1-6-3-15-5-16-6)11(22)18-9(4-19)12(23)17-8(13(24)25)2-10(20)21/h3,5,7-9,19H,1-2,4,14H2,(H,15,16)(H,17,23)(H,18,22)(H,20,21)(H,24,25). The van der Waals surface area contributed by atoms with E-state index in [0.29, 0.717) is 5.69 Å².